The Labute approximate surface area is 174 Å². The average molecular weight is 460 g/mol. The molecule has 2 rings (SSSR count). The molecule has 3 atom stereocenters. The molecule has 28 heavy (non-hydrogen) atoms. The van der Waals surface area contributed by atoms with Gasteiger partial charge >= 0.3 is 18.0 Å². The number of carbonyl (C=O) groups excluding carboxylic acids is 3. The molecule has 0 aromatic heterocycles. The molecule has 0 aromatic carbocycles. The Morgan fingerprint density at radius 2 is 2.00 bits per heavy atom. The lowest BCUT2D eigenvalue weighted by atomic mass is 9.86. The number of rotatable bonds is 6. The lowest BCUT2D eigenvalue weighted by Crippen LogP contribution is -2.56. The summed E-state index contributed by atoms with van der Waals surface area (Å²) in [6.07, 6.45) is 4.45. The van der Waals surface area contributed by atoms with Crippen molar-refractivity contribution in [3.05, 3.63) is 11.6 Å². The molecule has 7 nitrogen and oxygen atoms in total. The van der Waals surface area contributed by atoms with E-state index >= 15 is 0 Å². The van der Waals surface area contributed by atoms with Crippen LogP contribution in [0, 0.1) is 0 Å². The molecule has 0 bridgehead atoms. The SMILES string of the molecule is COC(=O)[C@@H]1CC[C@H]([C@@]2(CCCCBr)C=C(C)C(=O)O2)N1C(=O)OC(C)(C)C. The zero-order chi connectivity index (χ0) is 21.1. The third-order valence-corrected chi connectivity index (χ3v) is 5.60. The Kier molecular flexibility index (Phi) is 7.17. The van der Waals surface area contributed by atoms with Crippen LogP contribution in [0.2, 0.25) is 0 Å². The van der Waals surface area contributed by atoms with Crippen LogP contribution in [-0.2, 0) is 23.8 Å². The first-order valence-corrected chi connectivity index (χ1v) is 10.7. The normalized spacial score (nSPS) is 27.4. The van der Waals surface area contributed by atoms with E-state index in [0.29, 0.717) is 24.8 Å². The standard InChI is InChI=1S/C20H30BrNO6/c1-13-12-20(27-16(13)23,10-6-7-11-21)15-9-8-14(17(24)26-5)22(15)18(25)28-19(2,3)4/h12,14-15H,6-11H2,1-5H3/t14-,15+,20+/m0/s1. The highest BCUT2D eigenvalue weighted by molar-refractivity contribution is 9.09. The van der Waals surface area contributed by atoms with Gasteiger partial charge in [0, 0.05) is 10.9 Å². The van der Waals surface area contributed by atoms with Crippen LogP contribution in [0.15, 0.2) is 11.6 Å². The number of likely N-dealkylation sites (tertiary alicyclic amines) is 1. The second-order valence-corrected chi connectivity index (χ2v) is 9.13. The van der Waals surface area contributed by atoms with Crippen LogP contribution in [0.4, 0.5) is 4.79 Å². The van der Waals surface area contributed by atoms with Crippen LogP contribution in [0.25, 0.3) is 0 Å². The fourth-order valence-corrected chi connectivity index (χ4v) is 4.28. The Bertz CT molecular complexity index is 656. The van der Waals surface area contributed by atoms with E-state index in [2.05, 4.69) is 15.9 Å². The van der Waals surface area contributed by atoms with Crippen molar-refractivity contribution in [2.24, 2.45) is 0 Å². The monoisotopic (exact) mass is 459 g/mol. The number of alkyl halides is 1. The molecule has 1 saturated heterocycles. The maximum atomic E-state index is 13.0. The van der Waals surface area contributed by atoms with Crippen molar-refractivity contribution in [2.75, 3.05) is 12.4 Å². The zero-order valence-electron chi connectivity index (χ0n) is 17.2. The second-order valence-electron chi connectivity index (χ2n) is 8.34. The average Bonchev–Trinajstić information content (AvgIpc) is 3.16. The summed E-state index contributed by atoms with van der Waals surface area (Å²) >= 11 is 3.42. The van der Waals surface area contributed by atoms with Crippen LogP contribution in [-0.4, -0.2) is 58.7 Å². The number of hydrogen-bond acceptors (Lipinski definition) is 6. The van der Waals surface area contributed by atoms with Gasteiger partial charge in [-0.05, 0) is 65.9 Å². The van der Waals surface area contributed by atoms with Crippen molar-refractivity contribution in [1.82, 2.24) is 4.90 Å². The highest BCUT2D eigenvalue weighted by Gasteiger charge is 2.55. The maximum absolute atomic E-state index is 13.0. The molecular weight excluding hydrogens is 430 g/mol. The van der Waals surface area contributed by atoms with Crippen molar-refractivity contribution in [3.8, 4) is 0 Å². The van der Waals surface area contributed by atoms with Crippen molar-refractivity contribution in [2.45, 2.75) is 83.1 Å². The van der Waals surface area contributed by atoms with E-state index in [0.717, 1.165) is 18.2 Å². The summed E-state index contributed by atoms with van der Waals surface area (Å²) in [6, 6.07) is -1.24. The smallest absolute Gasteiger partial charge is 0.411 e. The van der Waals surface area contributed by atoms with Crippen LogP contribution >= 0.6 is 15.9 Å². The number of esters is 2. The Hall–Kier alpha value is -1.57. The van der Waals surface area contributed by atoms with E-state index in [1.807, 2.05) is 6.08 Å². The van der Waals surface area contributed by atoms with Gasteiger partial charge in [-0.1, -0.05) is 15.9 Å². The Morgan fingerprint density at radius 1 is 1.32 bits per heavy atom. The molecule has 8 heteroatoms. The summed E-state index contributed by atoms with van der Waals surface area (Å²) in [5, 5.41) is 0.838. The number of nitrogens with zero attached hydrogens (tertiary/aromatic N) is 1. The maximum Gasteiger partial charge on any atom is 0.411 e. The van der Waals surface area contributed by atoms with Crippen molar-refractivity contribution >= 4 is 34.0 Å². The number of unbranched alkanes of at least 4 members (excludes halogenated alkanes) is 1. The van der Waals surface area contributed by atoms with Gasteiger partial charge in [-0.3, -0.25) is 4.90 Å². The van der Waals surface area contributed by atoms with Gasteiger partial charge in [0.05, 0.1) is 13.2 Å². The molecule has 1 fully saturated rings. The summed E-state index contributed by atoms with van der Waals surface area (Å²) in [5.74, 6) is -0.876. The Morgan fingerprint density at radius 3 is 2.50 bits per heavy atom. The van der Waals surface area contributed by atoms with E-state index in [-0.39, 0.29) is 5.97 Å². The number of cyclic esters (lactones) is 1. The fraction of sp³-hybridized carbons (Fsp3) is 0.750. The highest BCUT2D eigenvalue weighted by Crippen LogP contribution is 2.42. The zero-order valence-corrected chi connectivity index (χ0v) is 18.8. The topological polar surface area (TPSA) is 82.1 Å². The van der Waals surface area contributed by atoms with Gasteiger partial charge < -0.3 is 14.2 Å². The minimum absolute atomic E-state index is 0.385. The largest absolute Gasteiger partial charge is 0.467 e. The van der Waals surface area contributed by atoms with Gasteiger partial charge in [0.25, 0.3) is 0 Å². The molecule has 0 spiro atoms. The predicted octanol–water partition coefficient (Wildman–Crippen LogP) is 3.73. The van der Waals surface area contributed by atoms with E-state index < -0.39 is 35.3 Å². The molecular formula is C20H30BrNO6. The first-order chi connectivity index (χ1) is 13.0. The molecule has 2 aliphatic rings. The number of ether oxygens (including phenoxy) is 3. The molecule has 2 heterocycles. The number of hydrogen-bond donors (Lipinski definition) is 0. The summed E-state index contributed by atoms with van der Waals surface area (Å²) in [5.41, 5.74) is -1.15. The van der Waals surface area contributed by atoms with E-state index in [1.165, 1.54) is 12.0 Å². The lowest BCUT2D eigenvalue weighted by molar-refractivity contribution is -0.154. The molecule has 1 amide bonds. The minimum atomic E-state index is -0.955. The van der Waals surface area contributed by atoms with E-state index in [1.54, 1.807) is 27.7 Å². The van der Waals surface area contributed by atoms with Gasteiger partial charge in [-0.2, -0.15) is 0 Å². The first-order valence-electron chi connectivity index (χ1n) is 9.62. The first kappa shape index (κ1) is 22.7. The van der Waals surface area contributed by atoms with E-state index in [4.69, 9.17) is 14.2 Å². The molecule has 0 saturated carbocycles. The lowest BCUT2D eigenvalue weighted by Gasteiger charge is -2.40. The molecule has 0 unspecified atom stereocenters. The fourth-order valence-electron chi connectivity index (χ4n) is 3.89. The predicted molar refractivity (Wildman–Crippen MR) is 107 cm³/mol. The van der Waals surface area contributed by atoms with E-state index in [9.17, 15) is 14.4 Å². The third kappa shape index (κ3) is 4.88. The molecule has 158 valence electrons. The molecule has 0 N–H and O–H groups in total. The Balaban J connectivity index is 2.40. The summed E-state index contributed by atoms with van der Waals surface area (Å²) < 4.78 is 16.3. The van der Waals surface area contributed by atoms with Crippen LogP contribution in [0.3, 0.4) is 0 Å². The quantitative estimate of drug-likeness (QED) is 0.260. The van der Waals surface area contributed by atoms with Gasteiger partial charge in [0.15, 0.2) is 5.60 Å². The molecule has 0 aromatic rings. The number of halogens is 1. The summed E-state index contributed by atoms with van der Waals surface area (Å²) in [6.45, 7) is 7.02. The summed E-state index contributed by atoms with van der Waals surface area (Å²) in [7, 11) is 1.30. The van der Waals surface area contributed by atoms with Gasteiger partial charge in [0.1, 0.15) is 11.6 Å². The van der Waals surface area contributed by atoms with Crippen molar-refractivity contribution in [3.63, 3.8) is 0 Å². The van der Waals surface area contributed by atoms with Gasteiger partial charge in [-0.25, -0.2) is 14.4 Å². The van der Waals surface area contributed by atoms with Crippen molar-refractivity contribution in [1.29, 1.82) is 0 Å². The minimum Gasteiger partial charge on any atom is -0.467 e. The van der Waals surface area contributed by atoms with Crippen LogP contribution < -0.4 is 0 Å². The van der Waals surface area contributed by atoms with Crippen LogP contribution in [0.1, 0.15) is 59.8 Å². The third-order valence-electron chi connectivity index (χ3n) is 5.04. The molecule has 2 aliphatic heterocycles. The van der Waals surface area contributed by atoms with Gasteiger partial charge in [-0.15, -0.1) is 0 Å². The number of methoxy groups -OCH3 is 1. The van der Waals surface area contributed by atoms with Crippen molar-refractivity contribution < 1.29 is 28.6 Å². The number of carbonyl (C=O) groups is 3. The van der Waals surface area contributed by atoms with Gasteiger partial charge in [0.2, 0.25) is 0 Å². The number of amides is 1. The van der Waals surface area contributed by atoms with Crippen LogP contribution in [0.5, 0.6) is 0 Å². The molecule has 0 aliphatic carbocycles. The molecule has 0 radical (unpaired) electrons. The highest BCUT2D eigenvalue weighted by atomic mass is 79.9. The second kappa shape index (κ2) is 8.84. The summed E-state index contributed by atoms with van der Waals surface area (Å²) in [4.78, 5) is 39.0.